The molecule has 2 N–H and O–H groups in total. The summed E-state index contributed by atoms with van der Waals surface area (Å²) in [5.74, 6) is -0.770. The molecule has 1 aromatic carbocycles. The van der Waals surface area contributed by atoms with Crippen LogP contribution in [0.3, 0.4) is 0 Å². The summed E-state index contributed by atoms with van der Waals surface area (Å²) in [7, 11) is 1.50. The van der Waals surface area contributed by atoms with E-state index in [0.29, 0.717) is 11.3 Å². The third-order valence-electron chi connectivity index (χ3n) is 2.54. The Kier molecular flexibility index (Phi) is 5.17. The van der Waals surface area contributed by atoms with E-state index in [0.717, 1.165) is 12.0 Å². The zero-order chi connectivity index (χ0) is 13.5. The van der Waals surface area contributed by atoms with Gasteiger partial charge in [-0.1, -0.05) is 13.0 Å². The fourth-order valence-electron chi connectivity index (χ4n) is 1.53. The standard InChI is InChI=1S/C13H17NO4/c1-3-9-4-5-11(18-2)10(8-9)13(17)14-7-6-12(15)16/h4-5,8H,3,6-7H2,1-2H3,(H,14,17)(H,15,16). The van der Waals surface area contributed by atoms with Crippen LogP contribution in [0.2, 0.25) is 0 Å². The molecule has 5 nitrogen and oxygen atoms in total. The van der Waals surface area contributed by atoms with Crippen molar-refractivity contribution in [2.75, 3.05) is 13.7 Å². The summed E-state index contributed by atoms with van der Waals surface area (Å²) in [4.78, 5) is 22.3. The minimum Gasteiger partial charge on any atom is -0.496 e. The average molecular weight is 251 g/mol. The molecule has 0 fully saturated rings. The van der Waals surface area contributed by atoms with Crippen LogP contribution in [0.15, 0.2) is 18.2 Å². The van der Waals surface area contributed by atoms with Crippen LogP contribution in [0.1, 0.15) is 29.3 Å². The molecule has 5 heteroatoms. The van der Waals surface area contributed by atoms with E-state index >= 15 is 0 Å². The molecule has 0 saturated carbocycles. The summed E-state index contributed by atoms with van der Waals surface area (Å²) in [5.41, 5.74) is 1.46. The number of methoxy groups -OCH3 is 1. The lowest BCUT2D eigenvalue weighted by Gasteiger charge is -2.10. The fourth-order valence-corrected chi connectivity index (χ4v) is 1.53. The molecule has 1 rings (SSSR count). The van der Waals surface area contributed by atoms with Gasteiger partial charge in [-0.3, -0.25) is 9.59 Å². The van der Waals surface area contributed by atoms with Crippen LogP contribution in [0.5, 0.6) is 5.75 Å². The maximum absolute atomic E-state index is 11.9. The fraction of sp³-hybridized carbons (Fsp3) is 0.385. The number of aliphatic carboxylic acids is 1. The van der Waals surface area contributed by atoms with Crippen molar-refractivity contribution in [1.82, 2.24) is 5.32 Å². The van der Waals surface area contributed by atoms with E-state index in [1.54, 1.807) is 12.1 Å². The van der Waals surface area contributed by atoms with Gasteiger partial charge in [0.1, 0.15) is 5.75 Å². The van der Waals surface area contributed by atoms with Crippen molar-refractivity contribution in [2.24, 2.45) is 0 Å². The number of amides is 1. The summed E-state index contributed by atoms with van der Waals surface area (Å²) in [6.07, 6.45) is 0.723. The second kappa shape index (κ2) is 6.64. The Balaban J connectivity index is 2.79. The van der Waals surface area contributed by atoms with Crippen molar-refractivity contribution in [3.63, 3.8) is 0 Å². The highest BCUT2D eigenvalue weighted by Crippen LogP contribution is 2.20. The normalized spacial score (nSPS) is 9.89. The van der Waals surface area contributed by atoms with E-state index in [1.165, 1.54) is 7.11 Å². The smallest absolute Gasteiger partial charge is 0.305 e. The van der Waals surface area contributed by atoms with E-state index in [2.05, 4.69) is 5.32 Å². The lowest BCUT2D eigenvalue weighted by Crippen LogP contribution is -2.26. The number of carbonyl (C=O) groups is 2. The molecule has 1 aromatic rings. The number of rotatable bonds is 6. The Morgan fingerprint density at radius 2 is 2.11 bits per heavy atom. The van der Waals surface area contributed by atoms with Crippen LogP contribution < -0.4 is 10.1 Å². The van der Waals surface area contributed by atoms with E-state index in [4.69, 9.17) is 9.84 Å². The van der Waals surface area contributed by atoms with Crippen molar-refractivity contribution < 1.29 is 19.4 Å². The summed E-state index contributed by atoms with van der Waals surface area (Å²) < 4.78 is 5.12. The number of benzene rings is 1. The Morgan fingerprint density at radius 3 is 2.67 bits per heavy atom. The second-order valence-electron chi connectivity index (χ2n) is 3.79. The Labute approximate surface area is 106 Å². The molecule has 0 aliphatic heterocycles. The van der Waals surface area contributed by atoms with Gasteiger partial charge in [0, 0.05) is 6.54 Å². The highest BCUT2D eigenvalue weighted by Gasteiger charge is 2.12. The number of ether oxygens (including phenoxy) is 1. The molecule has 98 valence electrons. The van der Waals surface area contributed by atoms with Crippen molar-refractivity contribution in [3.05, 3.63) is 29.3 Å². The van der Waals surface area contributed by atoms with E-state index in [1.807, 2.05) is 13.0 Å². The number of hydrogen-bond donors (Lipinski definition) is 2. The Hall–Kier alpha value is -2.04. The summed E-state index contributed by atoms with van der Waals surface area (Å²) in [6, 6.07) is 5.40. The maximum atomic E-state index is 11.9. The minimum atomic E-state index is -0.940. The SMILES string of the molecule is CCc1ccc(OC)c(C(=O)NCCC(=O)O)c1. The van der Waals surface area contributed by atoms with Gasteiger partial charge in [-0.15, -0.1) is 0 Å². The van der Waals surface area contributed by atoms with Gasteiger partial charge >= 0.3 is 5.97 Å². The van der Waals surface area contributed by atoms with Crippen molar-refractivity contribution >= 4 is 11.9 Å². The molecule has 0 bridgehead atoms. The van der Waals surface area contributed by atoms with Gasteiger partial charge < -0.3 is 15.2 Å². The van der Waals surface area contributed by atoms with Crippen molar-refractivity contribution in [2.45, 2.75) is 19.8 Å². The monoisotopic (exact) mass is 251 g/mol. The molecular formula is C13H17NO4. The molecule has 0 spiro atoms. The van der Waals surface area contributed by atoms with Crippen LogP contribution in [0.25, 0.3) is 0 Å². The summed E-state index contributed by atoms with van der Waals surface area (Å²) in [5, 5.41) is 11.1. The lowest BCUT2D eigenvalue weighted by molar-refractivity contribution is -0.136. The largest absolute Gasteiger partial charge is 0.496 e. The van der Waals surface area contributed by atoms with Gasteiger partial charge in [0.05, 0.1) is 19.1 Å². The predicted molar refractivity (Wildman–Crippen MR) is 67.0 cm³/mol. The first-order chi connectivity index (χ1) is 8.58. The molecule has 0 aliphatic carbocycles. The first-order valence-corrected chi connectivity index (χ1v) is 5.75. The predicted octanol–water partition coefficient (Wildman–Crippen LogP) is 1.46. The Morgan fingerprint density at radius 1 is 1.39 bits per heavy atom. The van der Waals surface area contributed by atoms with E-state index in [-0.39, 0.29) is 18.9 Å². The number of carbonyl (C=O) groups excluding carboxylic acids is 1. The molecule has 0 unspecified atom stereocenters. The van der Waals surface area contributed by atoms with E-state index < -0.39 is 5.97 Å². The molecule has 0 heterocycles. The van der Waals surface area contributed by atoms with Gasteiger partial charge in [0.2, 0.25) is 0 Å². The average Bonchev–Trinajstić information content (AvgIpc) is 2.37. The minimum absolute atomic E-state index is 0.0957. The van der Waals surface area contributed by atoms with Crippen LogP contribution in [-0.2, 0) is 11.2 Å². The third-order valence-corrected chi connectivity index (χ3v) is 2.54. The Bertz CT molecular complexity index is 443. The van der Waals surface area contributed by atoms with Crippen LogP contribution in [0, 0.1) is 0 Å². The molecule has 0 radical (unpaired) electrons. The van der Waals surface area contributed by atoms with E-state index in [9.17, 15) is 9.59 Å². The third kappa shape index (κ3) is 3.76. The zero-order valence-electron chi connectivity index (χ0n) is 10.5. The second-order valence-corrected chi connectivity index (χ2v) is 3.79. The van der Waals surface area contributed by atoms with Gasteiger partial charge in [-0.25, -0.2) is 0 Å². The van der Waals surface area contributed by atoms with Crippen molar-refractivity contribution in [3.8, 4) is 5.75 Å². The van der Waals surface area contributed by atoms with Gasteiger partial charge in [0.15, 0.2) is 0 Å². The number of carboxylic acids is 1. The van der Waals surface area contributed by atoms with Gasteiger partial charge in [-0.05, 0) is 24.1 Å². The number of aryl methyl sites for hydroxylation is 1. The highest BCUT2D eigenvalue weighted by atomic mass is 16.5. The quantitative estimate of drug-likeness (QED) is 0.802. The molecule has 18 heavy (non-hydrogen) atoms. The van der Waals surface area contributed by atoms with Crippen LogP contribution in [-0.4, -0.2) is 30.6 Å². The maximum Gasteiger partial charge on any atom is 0.305 e. The highest BCUT2D eigenvalue weighted by molar-refractivity contribution is 5.97. The summed E-state index contributed by atoms with van der Waals surface area (Å²) in [6.45, 7) is 2.10. The molecule has 0 saturated heterocycles. The number of carboxylic acid groups (broad SMARTS) is 1. The molecule has 0 atom stereocenters. The van der Waals surface area contributed by atoms with Gasteiger partial charge in [-0.2, -0.15) is 0 Å². The van der Waals surface area contributed by atoms with Crippen molar-refractivity contribution in [1.29, 1.82) is 0 Å². The first kappa shape index (κ1) is 14.0. The lowest BCUT2D eigenvalue weighted by atomic mass is 10.1. The number of nitrogens with one attached hydrogen (secondary N) is 1. The van der Waals surface area contributed by atoms with Crippen LogP contribution >= 0.6 is 0 Å². The summed E-state index contributed by atoms with van der Waals surface area (Å²) >= 11 is 0. The van der Waals surface area contributed by atoms with Crippen LogP contribution in [0.4, 0.5) is 0 Å². The topological polar surface area (TPSA) is 75.6 Å². The first-order valence-electron chi connectivity index (χ1n) is 5.75. The molecular weight excluding hydrogens is 234 g/mol. The molecule has 1 amide bonds. The molecule has 0 aromatic heterocycles. The zero-order valence-corrected chi connectivity index (χ0v) is 10.5. The number of hydrogen-bond acceptors (Lipinski definition) is 3. The van der Waals surface area contributed by atoms with Gasteiger partial charge in [0.25, 0.3) is 5.91 Å². The molecule has 0 aliphatic rings.